The third-order valence-corrected chi connectivity index (χ3v) is 5.66. The van der Waals surface area contributed by atoms with E-state index in [2.05, 4.69) is 30.1 Å². The van der Waals surface area contributed by atoms with Crippen molar-refractivity contribution >= 4 is 51.5 Å². The number of anilines is 1. The minimum Gasteiger partial charge on any atom is -0.481 e. The molecule has 2 rings (SSSR count). The standard InChI is InChI=1S/C16H19ClN2O2S2.C5H10/c1-11(17)5-6-14-12(2)23-16(18-14)19(8-7-15(20)21)10-13-4-3-9-22-13;1-3-5-4-2/h3-6,9,11H,7-8,10H2,1-2H3,(H,20,21);3,5H,4H2,1-2H3/b6-5+;5-3-. The highest BCUT2D eigenvalue weighted by Crippen LogP contribution is 2.29. The lowest BCUT2D eigenvalue weighted by atomic mass is 10.3. The molecule has 0 radical (unpaired) electrons. The van der Waals surface area contributed by atoms with Crippen LogP contribution in [0.25, 0.3) is 6.08 Å². The summed E-state index contributed by atoms with van der Waals surface area (Å²) in [7, 11) is 0. The Morgan fingerprint density at radius 1 is 1.46 bits per heavy atom. The molecule has 1 atom stereocenters. The second-order valence-electron chi connectivity index (χ2n) is 6.10. The molecule has 2 heterocycles. The van der Waals surface area contributed by atoms with Crippen LogP contribution >= 0.6 is 34.3 Å². The smallest absolute Gasteiger partial charge is 0.305 e. The number of alkyl halides is 1. The van der Waals surface area contributed by atoms with Crippen LogP contribution in [-0.2, 0) is 11.3 Å². The Balaban J connectivity index is 0.000000696. The minimum atomic E-state index is -0.800. The number of allylic oxidation sites excluding steroid dienone is 3. The van der Waals surface area contributed by atoms with Gasteiger partial charge in [0.05, 0.1) is 18.7 Å². The average molecular weight is 441 g/mol. The lowest BCUT2D eigenvalue weighted by Crippen LogP contribution is -2.25. The molecule has 0 aromatic carbocycles. The molecular formula is C21H29ClN2O2S2. The van der Waals surface area contributed by atoms with Crippen LogP contribution in [0.15, 0.2) is 35.7 Å². The maximum atomic E-state index is 10.9. The summed E-state index contributed by atoms with van der Waals surface area (Å²) in [5, 5.41) is 11.8. The quantitative estimate of drug-likeness (QED) is 0.352. The first-order valence-corrected chi connectivity index (χ1v) is 11.4. The summed E-state index contributed by atoms with van der Waals surface area (Å²) in [5.74, 6) is -0.800. The molecule has 2 aromatic heterocycles. The van der Waals surface area contributed by atoms with E-state index < -0.39 is 5.97 Å². The summed E-state index contributed by atoms with van der Waals surface area (Å²) >= 11 is 9.18. The first kappa shape index (κ1) is 24.4. The Bertz CT molecular complexity index is 753. The molecule has 28 heavy (non-hydrogen) atoms. The van der Waals surface area contributed by atoms with Crippen LogP contribution in [0.5, 0.6) is 0 Å². The van der Waals surface area contributed by atoms with E-state index in [0.29, 0.717) is 13.1 Å². The summed E-state index contributed by atoms with van der Waals surface area (Å²) < 4.78 is 0. The monoisotopic (exact) mass is 440 g/mol. The largest absolute Gasteiger partial charge is 0.481 e. The summed E-state index contributed by atoms with van der Waals surface area (Å²) in [6.07, 6.45) is 9.26. The number of aromatic nitrogens is 1. The van der Waals surface area contributed by atoms with Crippen molar-refractivity contribution < 1.29 is 9.90 Å². The van der Waals surface area contributed by atoms with E-state index in [4.69, 9.17) is 16.7 Å². The number of carboxylic acids is 1. The molecule has 0 bridgehead atoms. The Labute approximate surface area is 181 Å². The third kappa shape index (κ3) is 9.53. The van der Waals surface area contributed by atoms with E-state index in [1.165, 1.54) is 4.88 Å². The number of carbonyl (C=O) groups is 1. The Kier molecular flexibility index (Phi) is 11.8. The van der Waals surface area contributed by atoms with E-state index in [0.717, 1.165) is 22.1 Å². The zero-order valence-electron chi connectivity index (χ0n) is 16.9. The van der Waals surface area contributed by atoms with Crippen molar-refractivity contribution in [3.05, 3.63) is 51.2 Å². The number of hydrogen-bond acceptors (Lipinski definition) is 5. The van der Waals surface area contributed by atoms with Gasteiger partial charge in [0.15, 0.2) is 5.13 Å². The Hall–Kier alpha value is -1.63. The molecule has 7 heteroatoms. The van der Waals surface area contributed by atoms with E-state index in [9.17, 15) is 4.79 Å². The van der Waals surface area contributed by atoms with Gasteiger partial charge in [-0.25, -0.2) is 4.98 Å². The lowest BCUT2D eigenvalue weighted by molar-refractivity contribution is -0.136. The van der Waals surface area contributed by atoms with Gasteiger partial charge in [0.25, 0.3) is 0 Å². The molecule has 0 saturated carbocycles. The number of thiazole rings is 1. The van der Waals surface area contributed by atoms with E-state index in [-0.39, 0.29) is 11.8 Å². The number of aryl methyl sites for hydroxylation is 1. The van der Waals surface area contributed by atoms with Gasteiger partial charge in [-0.1, -0.05) is 31.2 Å². The molecule has 0 saturated heterocycles. The van der Waals surface area contributed by atoms with Crippen molar-refractivity contribution in [2.75, 3.05) is 11.4 Å². The predicted molar refractivity (Wildman–Crippen MR) is 124 cm³/mol. The fourth-order valence-corrected chi connectivity index (χ4v) is 3.92. The molecular weight excluding hydrogens is 412 g/mol. The fourth-order valence-electron chi connectivity index (χ4n) is 2.21. The van der Waals surface area contributed by atoms with Crippen LogP contribution in [0, 0.1) is 6.92 Å². The molecule has 1 N–H and O–H groups in total. The molecule has 2 aromatic rings. The normalized spacial score (nSPS) is 12.2. The van der Waals surface area contributed by atoms with Crippen molar-refractivity contribution in [3.8, 4) is 0 Å². The van der Waals surface area contributed by atoms with Gasteiger partial charge in [-0.05, 0) is 44.7 Å². The van der Waals surface area contributed by atoms with Crippen LogP contribution in [0.1, 0.15) is 49.1 Å². The van der Waals surface area contributed by atoms with E-state index in [1.807, 2.05) is 49.3 Å². The van der Waals surface area contributed by atoms with Crippen molar-refractivity contribution in [3.63, 3.8) is 0 Å². The Morgan fingerprint density at radius 2 is 2.21 bits per heavy atom. The molecule has 0 aliphatic carbocycles. The summed E-state index contributed by atoms with van der Waals surface area (Å²) in [4.78, 5) is 19.9. The SMILES string of the molecule is C/C=C\CC.Cc1sc(N(CCC(=O)O)Cc2cccs2)nc1/C=C/C(C)Cl. The predicted octanol–water partition coefficient (Wildman–Crippen LogP) is 6.61. The highest BCUT2D eigenvalue weighted by Gasteiger charge is 2.15. The van der Waals surface area contributed by atoms with Crippen LogP contribution in [0.2, 0.25) is 0 Å². The molecule has 154 valence electrons. The van der Waals surface area contributed by atoms with Gasteiger partial charge in [-0.3, -0.25) is 4.79 Å². The summed E-state index contributed by atoms with van der Waals surface area (Å²) in [6.45, 7) is 9.18. The number of halogens is 1. The van der Waals surface area contributed by atoms with Gasteiger partial charge >= 0.3 is 5.97 Å². The first-order chi connectivity index (χ1) is 13.4. The van der Waals surface area contributed by atoms with Crippen LogP contribution < -0.4 is 4.90 Å². The molecule has 4 nitrogen and oxygen atoms in total. The zero-order chi connectivity index (χ0) is 20.9. The molecule has 0 aliphatic rings. The maximum absolute atomic E-state index is 10.9. The van der Waals surface area contributed by atoms with Gasteiger partial charge in [0.1, 0.15) is 0 Å². The number of nitrogens with zero attached hydrogens (tertiary/aromatic N) is 2. The number of aliphatic carboxylic acids is 1. The summed E-state index contributed by atoms with van der Waals surface area (Å²) in [5.41, 5.74) is 0.893. The number of thiophene rings is 1. The van der Waals surface area contributed by atoms with Gasteiger partial charge in [-0.15, -0.1) is 34.3 Å². The lowest BCUT2D eigenvalue weighted by Gasteiger charge is -2.20. The van der Waals surface area contributed by atoms with Crippen LogP contribution in [0.4, 0.5) is 5.13 Å². The van der Waals surface area contributed by atoms with Gasteiger partial charge in [-0.2, -0.15) is 0 Å². The first-order valence-electron chi connectivity index (χ1n) is 9.27. The number of carboxylic acid groups (broad SMARTS) is 1. The number of rotatable bonds is 9. The highest BCUT2D eigenvalue weighted by molar-refractivity contribution is 7.15. The second kappa shape index (κ2) is 13.5. The van der Waals surface area contributed by atoms with E-state index >= 15 is 0 Å². The molecule has 0 fully saturated rings. The Morgan fingerprint density at radius 3 is 2.71 bits per heavy atom. The van der Waals surface area contributed by atoms with E-state index in [1.54, 1.807) is 22.7 Å². The van der Waals surface area contributed by atoms with Crippen molar-refractivity contribution in [1.82, 2.24) is 4.98 Å². The molecule has 1 unspecified atom stereocenters. The van der Waals surface area contributed by atoms with Crippen molar-refractivity contribution in [2.24, 2.45) is 0 Å². The zero-order valence-corrected chi connectivity index (χ0v) is 19.3. The fraction of sp³-hybridized carbons (Fsp3) is 0.429. The molecule has 0 aliphatic heterocycles. The summed E-state index contributed by atoms with van der Waals surface area (Å²) in [6, 6.07) is 4.05. The minimum absolute atomic E-state index is 0.0474. The van der Waals surface area contributed by atoms with Crippen LogP contribution in [-0.4, -0.2) is 28.0 Å². The van der Waals surface area contributed by atoms with Gasteiger partial charge in [0, 0.05) is 21.7 Å². The third-order valence-electron chi connectivity index (χ3n) is 3.60. The molecule has 0 spiro atoms. The van der Waals surface area contributed by atoms with Gasteiger partial charge < -0.3 is 10.0 Å². The van der Waals surface area contributed by atoms with Crippen molar-refractivity contribution in [1.29, 1.82) is 0 Å². The second-order valence-corrected chi connectivity index (χ2v) is 9.00. The van der Waals surface area contributed by atoms with Crippen molar-refractivity contribution in [2.45, 2.75) is 52.5 Å². The maximum Gasteiger partial charge on any atom is 0.305 e. The average Bonchev–Trinajstić information content (AvgIpc) is 3.27. The molecule has 0 amide bonds. The topological polar surface area (TPSA) is 53.4 Å². The van der Waals surface area contributed by atoms with Crippen LogP contribution in [0.3, 0.4) is 0 Å². The van der Waals surface area contributed by atoms with Gasteiger partial charge in [0.2, 0.25) is 0 Å². The highest BCUT2D eigenvalue weighted by atomic mass is 35.5. The number of hydrogen-bond donors (Lipinski definition) is 1.